The van der Waals surface area contributed by atoms with Crippen LogP contribution in [0.15, 0.2) is 12.2 Å². The van der Waals surface area contributed by atoms with E-state index in [1.54, 1.807) is 0 Å². The molecule has 0 spiro atoms. The lowest BCUT2D eigenvalue weighted by molar-refractivity contribution is 0.257. The molecule has 0 heteroatoms. The number of hydrogen-bond donors (Lipinski definition) is 0. The molecule has 4 unspecified atom stereocenters. The van der Waals surface area contributed by atoms with Crippen molar-refractivity contribution in [1.29, 1.82) is 0 Å². The van der Waals surface area contributed by atoms with Crippen LogP contribution in [0.3, 0.4) is 0 Å². The van der Waals surface area contributed by atoms with Gasteiger partial charge in [0.25, 0.3) is 0 Å². The van der Waals surface area contributed by atoms with Gasteiger partial charge in [-0.1, -0.05) is 26.0 Å². The molecule has 0 radical (unpaired) electrons. The fraction of sp³-hybridized carbons (Fsp3) is 0.833. The lowest BCUT2D eigenvalue weighted by Crippen LogP contribution is -2.16. The molecular formula is C12H18. The summed E-state index contributed by atoms with van der Waals surface area (Å²) in [5, 5.41) is 0. The smallest absolute Gasteiger partial charge is 0.0168 e. The fourth-order valence-electron chi connectivity index (χ4n) is 3.88. The quantitative estimate of drug-likeness (QED) is 0.518. The van der Waals surface area contributed by atoms with E-state index in [0.29, 0.717) is 0 Å². The Morgan fingerprint density at radius 2 is 2.25 bits per heavy atom. The van der Waals surface area contributed by atoms with Crippen LogP contribution >= 0.6 is 0 Å². The van der Waals surface area contributed by atoms with Crippen molar-refractivity contribution in [1.82, 2.24) is 0 Å². The molecule has 66 valence electrons. The van der Waals surface area contributed by atoms with Crippen LogP contribution in [0.25, 0.3) is 0 Å². The molecule has 0 aliphatic heterocycles. The summed E-state index contributed by atoms with van der Waals surface area (Å²) in [7, 11) is 0. The number of fused-ring (bicyclic) bond motifs is 3. The van der Waals surface area contributed by atoms with Gasteiger partial charge < -0.3 is 0 Å². The molecule has 0 aromatic heterocycles. The van der Waals surface area contributed by atoms with Gasteiger partial charge in [-0.05, 0) is 48.3 Å². The summed E-state index contributed by atoms with van der Waals surface area (Å²) < 4.78 is 0. The second kappa shape index (κ2) is 1.81. The van der Waals surface area contributed by atoms with E-state index in [4.69, 9.17) is 0 Å². The minimum atomic E-state index is 0.722. The number of rotatable bonds is 1. The normalized spacial score (nSPS) is 60.2. The first-order chi connectivity index (χ1) is 5.73. The summed E-state index contributed by atoms with van der Waals surface area (Å²) in [6, 6.07) is 0. The topological polar surface area (TPSA) is 0 Å². The van der Waals surface area contributed by atoms with E-state index >= 15 is 0 Å². The first-order valence-corrected chi connectivity index (χ1v) is 5.39. The molecule has 0 saturated heterocycles. The van der Waals surface area contributed by atoms with E-state index in [-0.39, 0.29) is 0 Å². The van der Waals surface area contributed by atoms with Crippen molar-refractivity contribution in [3.05, 3.63) is 12.2 Å². The van der Waals surface area contributed by atoms with Crippen LogP contribution in [0.1, 0.15) is 39.5 Å². The molecule has 3 aliphatic carbocycles. The zero-order valence-corrected chi connectivity index (χ0v) is 8.14. The van der Waals surface area contributed by atoms with Gasteiger partial charge in [-0.25, -0.2) is 0 Å². The highest BCUT2D eigenvalue weighted by Gasteiger charge is 2.71. The molecule has 4 atom stereocenters. The van der Waals surface area contributed by atoms with E-state index in [1.807, 2.05) is 0 Å². The highest BCUT2D eigenvalue weighted by Crippen LogP contribution is 2.79. The summed E-state index contributed by atoms with van der Waals surface area (Å²) in [6.07, 6.45) is 10.7. The van der Waals surface area contributed by atoms with E-state index in [0.717, 1.165) is 22.7 Å². The minimum Gasteiger partial charge on any atom is -0.0879 e. The Labute approximate surface area is 75.0 Å². The second-order valence-electron chi connectivity index (χ2n) is 5.30. The molecule has 12 heavy (non-hydrogen) atoms. The van der Waals surface area contributed by atoms with Crippen molar-refractivity contribution in [2.75, 3.05) is 0 Å². The van der Waals surface area contributed by atoms with Gasteiger partial charge in [0.05, 0.1) is 0 Å². The molecular weight excluding hydrogens is 144 g/mol. The largest absolute Gasteiger partial charge is 0.0879 e. The van der Waals surface area contributed by atoms with Gasteiger partial charge in [-0.2, -0.15) is 0 Å². The maximum atomic E-state index is 2.52. The third kappa shape index (κ3) is 0.582. The lowest BCUT2D eigenvalue weighted by Gasteiger charge is -2.23. The van der Waals surface area contributed by atoms with Crippen molar-refractivity contribution in [3.63, 3.8) is 0 Å². The second-order valence-corrected chi connectivity index (χ2v) is 5.30. The Balaban J connectivity index is 1.99. The van der Waals surface area contributed by atoms with Gasteiger partial charge in [0.15, 0.2) is 0 Å². The monoisotopic (exact) mass is 162 g/mol. The predicted molar refractivity (Wildman–Crippen MR) is 50.8 cm³/mol. The van der Waals surface area contributed by atoms with E-state index in [9.17, 15) is 0 Å². The Kier molecular flexibility index (Phi) is 1.08. The van der Waals surface area contributed by atoms with Crippen molar-refractivity contribution in [2.45, 2.75) is 39.5 Å². The minimum absolute atomic E-state index is 0.722. The average molecular weight is 162 g/mol. The first-order valence-electron chi connectivity index (χ1n) is 5.39. The molecule has 0 aromatic carbocycles. The summed E-state index contributed by atoms with van der Waals surface area (Å²) >= 11 is 0. The molecule has 2 fully saturated rings. The van der Waals surface area contributed by atoms with Crippen LogP contribution in [0.4, 0.5) is 0 Å². The number of allylic oxidation sites excluding steroid dienone is 2. The van der Waals surface area contributed by atoms with Gasteiger partial charge >= 0.3 is 0 Å². The molecule has 0 heterocycles. The van der Waals surface area contributed by atoms with Crippen LogP contribution < -0.4 is 0 Å². The molecule has 2 saturated carbocycles. The summed E-state index contributed by atoms with van der Waals surface area (Å²) in [4.78, 5) is 0. The van der Waals surface area contributed by atoms with Crippen LogP contribution in [0.2, 0.25) is 0 Å². The van der Waals surface area contributed by atoms with Gasteiger partial charge in [-0.15, -0.1) is 0 Å². The van der Waals surface area contributed by atoms with E-state index < -0.39 is 0 Å². The van der Waals surface area contributed by atoms with Crippen molar-refractivity contribution >= 4 is 0 Å². The average Bonchev–Trinajstić information content (AvgIpc) is 2.87. The molecule has 0 aromatic rings. The van der Waals surface area contributed by atoms with Gasteiger partial charge in [0, 0.05) is 0 Å². The van der Waals surface area contributed by atoms with Crippen LogP contribution in [-0.4, -0.2) is 0 Å². The third-order valence-corrected chi connectivity index (χ3v) is 5.09. The molecule has 0 nitrogen and oxygen atoms in total. The van der Waals surface area contributed by atoms with Crippen molar-refractivity contribution in [2.24, 2.45) is 22.7 Å². The summed E-state index contributed by atoms with van der Waals surface area (Å²) in [5.41, 5.74) is 1.50. The number of hydrogen-bond acceptors (Lipinski definition) is 0. The summed E-state index contributed by atoms with van der Waals surface area (Å²) in [6.45, 7) is 4.92. The maximum Gasteiger partial charge on any atom is -0.0168 e. The molecule has 3 rings (SSSR count). The Hall–Kier alpha value is -0.260. The highest BCUT2D eigenvalue weighted by molar-refractivity contribution is 5.27. The Morgan fingerprint density at radius 3 is 3.00 bits per heavy atom. The van der Waals surface area contributed by atoms with Crippen molar-refractivity contribution in [3.8, 4) is 0 Å². The van der Waals surface area contributed by atoms with Gasteiger partial charge in [0.2, 0.25) is 0 Å². The predicted octanol–water partition coefficient (Wildman–Crippen LogP) is 3.39. The van der Waals surface area contributed by atoms with Gasteiger partial charge in [0.1, 0.15) is 0 Å². The van der Waals surface area contributed by atoms with E-state index in [1.165, 1.54) is 25.7 Å². The molecule has 0 N–H and O–H groups in total. The highest BCUT2D eigenvalue weighted by atomic mass is 14.8. The first kappa shape index (κ1) is 7.17. The third-order valence-electron chi connectivity index (χ3n) is 5.09. The molecule has 0 bridgehead atoms. The lowest BCUT2D eigenvalue weighted by atomic mass is 9.81. The maximum absolute atomic E-state index is 2.52. The van der Waals surface area contributed by atoms with Crippen LogP contribution in [0, 0.1) is 22.7 Å². The fourth-order valence-corrected chi connectivity index (χ4v) is 3.88. The zero-order valence-electron chi connectivity index (χ0n) is 8.14. The Morgan fingerprint density at radius 1 is 1.42 bits per heavy atom. The zero-order chi connectivity index (χ0) is 8.40. The van der Waals surface area contributed by atoms with E-state index in [2.05, 4.69) is 26.0 Å². The van der Waals surface area contributed by atoms with Gasteiger partial charge in [-0.3, -0.25) is 0 Å². The van der Waals surface area contributed by atoms with Crippen LogP contribution in [0.5, 0.6) is 0 Å². The molecule has 3 aliphatic rings. The standard InChI is InChI=1S/C12H18/c1-3-12-8-10(12)6-4-5-9-7-11(9,12)2/h4-5,9-10H,3,6-8H2,1-2H3. The molecule has 0 amide bonds. The van der Waals surface area contributed by atoms with Crippen molar-refractivity contribution < 1.29 is 0 Å². The summed E-state index contributed by atoms with van der Waals surface area (Å²) in [5.74, 6) is 2.00. The Bertz CT molecular complexity index is 253. The van der Waals surface area contributed by atoms with Crippen LogP contribution in [-0.2, 0) is 0 Å². The SMILES string of the molecule is CCC12CC1CC=CC1CC12C.